The second kappa shape index (κ2) is 17.6. The third-order valence-corrected chi connectivity index (χ3v) is 32.6. The monoisotopic (exact) mass is 855 g/mol. The van der Waals surface area contributed by atoms with Crippen LogP contribution < -0.4 is 0 Å². The zero-order valence-electron chi connectivity index (χ0n) is 39.9. The summed E-state index contributed by atoms with van der Waals surface area (Å²) in [5.74, 6) is 0.316. The van der Waals surface area contributed by atoms with Gasteiger partial charge in [-0.25, -0.2) is 0 Å². The van der Waals surface area contributed by atoms with Gasteiger partial charge in [0.05, 0.1) is 37.6 Å². The summed E-state index contributed by atoms with van der Waals surface area (Å²) in [6.07, 6.45) is -1.15. The highest BCUT2D eigenvalue weighted by atomic mass is 28.4. The molecule has 0 radical (unpaired) electrons. The molecule has 1 aromatic rings. The van der Waals surface area contributed by atoms with Crippen LogP contribution in [-0.4, -0.2) is 94.5 Å². The zero-order chi connectivity index (χ0) is 43.3. The Labute approximate surface area is 348 Å². The van der Waals surface area contributed by atoms with Crippen molar-refractivity contribution >= 4 is 33.3 Å². The summed E-state index contributed by atoms with van der Waals surface area (Å²) in [6.45, 7) is 50.7. The van der Waals surface area contributed by atoms with E-state index in [1.54, 1.807) is 0 Å². The number of rotatable bonds is 10. The van der Waals surface area contributed by atoms with Crippen molar-refractivity contribution < 1.29 is 37.0 Å². The van der Waals surface area contributed by atoms with Crippen LogP contribution in [0.25, 0.3) is 0 Å². The molecule has 0 amide bonds. The Kier molecular flexibility index (Phi) is 15.8. The van der Waals surface area contributed by atoms with E-state index >= 15 is 0 Å². The van der Waals surface area contributed by atoms with Gasteiger partial charge in [0.25, 0.3) is 0 Å². The Morgan fingerprint density at radius 2 is 0.929 bits per heavy atom. The van der Waals surface area contributed by atoms with E-state index in [1.165, 1.54) is 0 Å². The fourth-order valence-corrected chi connectivity index (χ4v) is 11.8. The standard InChI is InChI=1S/C25H46O4Si2.C19H40O4Si2/c1-18-20(17-26)27-22(19-15-13-12-14-16-19)23(29-31(10,11)25(5,6)7)21(18)28-30(8,9)24(2,3)4;1-13-14-12-20-17(21-14)16(23-25(10,11)19(5,6)7)15(13)22-24(8,9)18(2,3)4/h12-16,18,20-23,26H,17H2,1-11H3;13-17H,12H2,1-11H3/t18?,20-,21+,22+,23?;13?,14-,15+,16?,17-/m11/s1. The molecular weight excluding hydrogens is 769 g/mol. The Morgan fingerprint density at radius 1 is 0.554 bits per heavy atom. The van der Waals surface area contributed by atoms with Crippen molar-refractivity contribution in [2.24, 2.45) is 11.8 Å². The van der Waals surface area contributed by atoms with Crippen molar-refractivity contribution in [1.29, 1.82) is 0 Å². The van der Waals surface area contributed by atoms with Crippen LogP contribution in [-0.2, 0) is 31.9 Å². The molecule has 3 fully saturated rings. The van der Waals surface area contributed by atoms with Crippen LogP contribution >= 0.6 is 0 Å². The summed E-state index contributed by atoms with van der Waals surface area (Å²) >= 11 is 0. The largest absolute Gasteiger partial charge is 0.411 e. The van der Waals surface area contributed by atoms with Crippen LogP contribution in [0.2, 0.25) is 72.5 Å². The van der Waals surface area contributed by atoms with E-state index in [9.17, 15) is 5.11 Å². The third kappa shape index (κ3) is 11.4. The predicted octanol–water partition coefficient (Wildman–Crippen LogP) is 11.7. The average Bonchev–Trinajstić information content (AvgIpc) is 3.49. The molecule has 0 saturated carbocycles. The van der Waals surface area contributed by atoms with E-state index < -0.39 is 33.3 Å². The second-order valence-electron chi connectivity index (χ2n) is 23.2. The van der Waals surface area contributed by atoms with E-state index in [0.717, 1.165) is 5.56 Å². The number of aliphatic hydroxyl groups excluding tert-OH is 1. The maximum absolute atomic E-state index is 10.1. The summed E-state index contributed by atoms with van der Waals surface area (Å²) in [4.78, 5) is 0. The maximum Gasteiger partial charge on any atom is 0.192 e. The van der Waals surface area contributed by atoms with Crippen molar-refractivity contribution in [3.63, 3.8) is 0 Å². The van der Waals surface area contributed by atoms with Crippen LogP contribution in [0.15, 0.2) is 30.3 Å². The smallest absolute Gasteiger partial charge is 0.192 e. The fraction of sp³-hybridized carbons (Fsp3) is 0.864. The van der Waals surface area contributed by atoms with Crippen LogP contribution in [0.3, 0.4) is 0 Å². The summed E-state index contributed by atoms with van der Waals surface area (Å²) in [6, 6.07) is 10.3. The minimum atomic E-state index is -2.10. The molecule has 12 heteroatoms. The fourth-order valence-electron chi connectivity index (χ4n) is 6.42. The highest BCUT2D eigenvalue weighted by molar-refractivity contribution is 6.75. The van der Waals surface area contributed by atoms with Crippen molar-refractivity contribution in [2.45, 2.75) is 218 Å². The molecule has 3 saturated heterocycles. The van der Waals surface area contributed by atoms with Crippen LogP contribution in [0.4, 0.5) is 0 Å². The lowest BCUT2D eigenvalue weighted by Crippen LogP contribution is -2.60. The molecule has 3 aliphatic heterocycles. The van der Waals surface area contributed by atoms with Gasteiger partial charge in [-0.05, 0) is 78.1 Å². The molecule has 0 aliphatic carbocycles. The molecule has 56 heavy (non-hydrogen) atoms. The van der Waals surface area contributed by atoms with Crippen LogP contribution in [0, 0.1) is 11.8 Å². The molecule has 10 atom stereocenters. The first-order chi connectivity index (χ1) is 25.1. The Bertz CT molecular complexity index is 1360. The van der Waals surface area contributed by atoms with Gasteiger partial charge in [-0.2, -0.15) is 0 Å². The topological polar surface area (TPSA) is 84.8 Å². The molecule has 0 spiro atoms. The quantitative estimate of drug-likeness (QED) is 0.233. The number of hydrogen-bond donors (Lipinski definition) is 1. The molecule has 3 aliphatic rings. The average molecular weight is 856 g/mol. The lowest BCUT2D eigenvalue weighted by molar-refractivity contribution is -0.201. The van der Waals surface area contributed by atoms with Crippen LogP contribution in [0.5, 0.6) is 0 Å². The number of hydrogen-bond acceptors (Lipinski definition) is 8. The zero-order valence-corrected chi connectivity index (χ0v) is 43.9. The molecule has 326 valence electrons. The SMILES string of the molecule is CC1[C@H](O[Si](C)(C)C(C)(C)C)C(O[Si](C)(C)C(C)(C)C)[C@@H]2OC[C@H]1O2.CC1[C@H](O[Si](C)(C)C(C)(C)C)C(O[Si](C)(C)C(C)(C)C)[C@H](c2ccccc2)O[C@@H]1CO. The lowest BCUT2D eigenvalue weighted by atomic mass is 9.86. The first-order valence-electron chi connectivity index (χ1n) is 21.4. The van der Waals surface area contributed by atoms with Gasteiger partial charge in [-0.3, -0.25) is 0 Å². The normalized spacial score (nSPS) is 31.2. The number of benzene rings is 1. The van der Waals surface area contributed by atoms with Gasteiger partial charge >= 0.3 is 0 Å². The van der Waals surface area contributed by atoms with Crippen molar-refractivity contribution in [2.75, 3.05) is 13.2 Å². The number of fused-ring (bicyclic) bond motifs is 2. The first kappa shape index (κ1) is 50.1. The molecule has 8 nitrogen and oxygen atoms in total. The summed E-state index contributed by atoms with van der Waals surface area (Å²) in [5.41, 5.74) is 1.08. The minimum absolute atomic E-state index is 0.0192. The molecule has 4 rings (SSSR count). The van der Waals surface area contributed by atoms with Gasteiger partial charge in [0, 0.05) is 11.8 Å². The van der Waals surface area contributed by atoms with Crippen LogP contribution in [0.1, 0.15) is 109 Å². The third-order valence-electron chi connectivity index (χ3n) is 14.7. The Morgan fingerprint density at radius 3 is 1.32 bits per heavy atom. The van der Waals surface area contributed by atoms with E-state index in [2.05, 4.69) is 161 Å². The van der Waals surface area contributed by atoms with E-state index in [4.69, 9.17) is 31.9 Å². The highest BCUT2D eigenvalue weighted by Crippen LogP contribution is 2.48. The van der Waals surface area contributed by atoms with E-state index in [1.807, 2.05) is 18.2 Å². The van der Waals surface area contributed by atoms with Crippen molar-refractivity contribution in [3.05, 3.63) is 35.9 Å². The van der Waals surface area contributed by atoms with Gasteiger partial charge < -0.3 is 37.0 Å². The minimum Gasteiger partial charge on any atom is -0.411 e. The van der Waals surface area contributed by atoms with Gasteiger partial charge in [0.2, 0.25) is 0 Å². The highest BCUT2D eigenvalue weighted by Gasteiger charge is 2.56. The molecule has 1 aromatic carbocycles. The number of ether oxygens (including phenoxy) is 3. The Hall–Kier alpha value is -0.232. The number of aliphatic hydroxyl groups is 1. The molecular formula is C44H86O8Si4. The summed E-state index contributed by atoms with van der Waals surface area (Å²) in [7, 11) is -8.02. The van der Waals surface area contributed by atoms with Crippen molar-refractivity contribution in [3.8, 4) is 0 Å². The molecule has 1 N–H and O–H groups in total. The lowest BCUT2D eigenvalue weighted by Gasteiger charge is -2.52. The van der Waals surface area contributed by atoms with Gasteiger partial charge in [-0.15, -0.1) is 0 Å². The van der Waals surface area contributed by atoms with E-state index in [0.29, 0.717) is 6.61 Å². The molecule has 4 unspecified atom stereocenters. The molecule has 3 heterocycles. The summed E-state index contributed by atoms with van der Waals surface area (Å²) < 4.78 is 46.4. The second-order valence-corrected chi connectivity index (χ2v) is 42.2. The van der Waals surface area contributed by atoms with E-state index in [-0.39, 0.29) is 87.6 Å². The molecule has 2 bridgehead atoms. The van der Waals surface area contributed by atoms with Gasteiger partial charge in [0.15, 0.2) is 39.6 Å². The maximum atomic E-state index is 10.1. The predicted molar refractivity (Wildman–Crippen MR) is 242 cm³/mol. The van der Waals surface area contributed by atoms with Gasteiger partial charge in [0.1, 0.15) is 18.3 Å². The summed E-state index contributed by atoms with van der Waals surface area (Å²) in [5, 5.41) is 10.6. The Balaban J connectivity index is 0.000000307. The molecule has 0 aromatic heterocycles. The van der Waals surface area contributed by atoms with Crippen molar-refractivity contribution in [1.82, 2.24) is 0 Å². The van der Waals surface area contributed by atoms with Gasteiger partial charge in [-0.1, -0.05) is 127 Å². The first-order valence-corrected chi connectivity index (χ1v) is 33.0.